The molecule has 0 unspecified atom stereocenters. The zero-order chi connectivity index (χ0) is 23.7. The quantitative estimate of drug-likeness (QED) is 0.201. The highest BCUT2D eigenvalue weighted by molar-refractivity contribution is 5.84. The van der Waals surface area contributed by atoms with Gasteiger partial charge in [0.25, 0.3) is 0 Å². The van der Waals surface area contributed by atoms with Crippen molar-refractivity contribution in [1.29, 1.82) is 0 Å². The van der Waals surface area contributed by atoms with Crippen molar-refractivity contribution < 1.29 is 20.1 Å². The number of hydrogen-bond acceptors (Lipinski definition) is 11. The molecule has 5 rings (SSSR count). The van der Waals surface area contributed by atoms with Crippen molar-refractivity contribution in [2.24, 2.45) is 5.10 Å². The molecule has 1 saturated heterocycles. The van der Waals surface area contributed by atoms with Crippen molar-refractivity contribution in [1.82, 2.24) is 24.5 Å². The summed E-state index contributed by atoms with van der Waals surface area (Å²) < 4.78 is 7.00. The van der Waals surface area contributed by atoms with Gasteiger partial charge >= 0.3 is 0 Å². The fourth-order valence-electron chi connectivity index (χ4n) is 3.72. The molecule has 12 nitrogen and oxygen atoms in total. The van der Waals surface area contributed by atoms with Gasteiger partial charge in [0.15, 0.2) is 17.7 Å². The van der Waals surface area contributed by atoms with Crippen molar-refractivity contribution in [2.75, 3.05) is 17.8 Å². The number of nitrogens with zero attached hydrogens (tertiary/aromatic N) is 6. The summed E-state index contributed by atoms with van der Waals surface area (Å²) in [5, 5.41) is 33.9. The molecule has 1 aliphatic rings. The number of aliphatic hydroxyl groups excluding tert-OH is 3. The molecule has 34 heavy (non-hydrogen) atoms. The molecule has 0 bridgehead atoms. The number of nitrogens with one attached hydrogen (secondary N) is 1. The van der Waals surface area contributed by atoms with Crippen LogP contribution in [-0.4, -0.2) is 71.0 Å². The summed E-state index contributed by atoms with van der Waals surface area (Å²) >= 11 is 0. The van der Waals surface area contributed by atoms with Gasteiger partial charge in [-0.05, 0) is 17.7 Å². The Bertz CT molecular complexity index is 1310. The maximum atomic E-state index is 10.3. The van der Waals surface area contributed by atoms with Gasteiger partial charge in [-0.2, -0.15) is 15.1 Å². The summed E-state index contributed by atoms with van der Waals surface area (Å²) in [6.07, 6.45) is 0.271. The molecule has 0 spiro atoms. The van der Waals surface area contributed by atoms with Crippen molar-refractivity contribution >= 4 is 29.1 Å². The van der Waals surface area contributed by atoms with E-state index in [1.807, 2.05) is 42.5 Å². The third kappa shape index (κ3) is 4.06. The minimum Gasteiger partial charge on any atom is -0.394 e. The molecule has 0 radical (unpaired) electrons. The van der Waals surface area contributed by atoms with E-state index in [0.29, 0.717) is 5.52 Å². The molecular weight excluding hydrogens is 440 g/mol. The van der Waals surface area contributed by atoms with E-state index in [2.05, 4.69) is 30.5 Å². The summed E-state index contributed by atoms with van der Waals surface area (Å²) in [4.78, 5) is 17.0. The van der Waals surface area contributed by atoms with E-state index < -0.39 is 31.1 Å². The molecule has 1 aromatic carbocycles. The zero-order valence-corrected chi connectivity index (χ0v) is 17.8. The highest BCUT2D eigenvalue weighted by Crippen LogP contribution is 2.32. The predicted octanol–water partition coefficient (Wildman–Crippen LogP) is 0.528. The molecule has 4 aromatic rings. The largest absolute Gasteiger partial charge is 0.394 e. The molecule has 3 aromatic heterocycles. The van der Waals surface area contributed by atoms with Crippen molar-refractivity contribution in [3.8, 4) is 11.3 Å². The smallest absolute Gasteiger partial charge is 0.247 e. The van der Waals surface area contributed by atoms with Crippen LogP contribution in [0, 0.1) is 0 Å². The number of hydrogen-bond donors (Lipinski definition) is 5. The van der Waals surface area contributed by atoms with Crippen LogP contribution < -0.4 is 11.2 Å². The summed E-state index contributed by atoms with van der Waals surface area (Å²) in [7, 11) is 0. The van der Waals surface area contributed by atoms with Crippen LogP contribution in [0.3, 0.4) is 0 Å². The molecule has 0 amide bonds. The lowest BCUT2D eigenvalue weighted by atomic mass is 10.1. The van der Waals surface area contributed by atoms with Gasteiger partial charge in [-0.25, -0.2) is 10.4 Å². The van der Waals surface area contributed by atoms with Gasteiger partial charge in [-0.1, -0.05) is 30.3 Å². The SMILES string of the molecule is Nc1nc(NN=Cc2ccc(-c3ccccn3)cc2)nc2c1ncn2[C@@H]1O[C@H](CO)[C@@H](O)[C@H]1O. The van der Waals surface area contributed by atoms with Crippen molar-refractivity contribution in [2.45, 2.75) is 24.5 Å². The maximum absolute atomic E-state index is 10.3. The summed E-state index contributed by atoms with van der Waals surface area (Å²) in [5.74, 6) is 0.216. The number of imidazole rings is 1. The first kappa shape index (κ1) is 21.9. The predicted molar refractivity (Wildman–Crippen MR) is 124 cm³/mol. The van der Waals surface area contributed by atoms with E-state index in [1.165, 1.54) is 10.9 Å². The molecule has 1 aliphatic heterocycles. The first-order valence-electron chi connectivity index (χ1n) is 10.5. The number of hydrazone groups is 1. The van der Waals surface area contributed by atoms with Gasteiger partial charge in [0.05, 0.1) is 24.8 Å². The molecule has 6 N–H and O–H groups in total. The second-order valence-electron chi connectivity index (χ2n) is 7.69. The lowest BCUT2D eigenvalue weighted by Gasteiger charge is -2.16. The van der Waals surface area contributed by atoms with Crippen LogP contribution in [0.15, 0.2) is 60.1 Å². The standard InChI is InChI=1S/C22H22N8O4/c23-19-16-20(30(11-25-16)21-18(33)17(32)15(10-31)34-21)28-22(27-19)29-26-9-12-4-6-13(7-5-12)14-3-1-2-8-24-14/h1-9,11,15,17-18,21,31-33H,10H2,(H3,23,27,28,29)/t15-,17-,18-,21-/m1/s1. The van der Waals surface area contributed by atoms with E-state index in [1.54, 1.807) is 12.4 Å². The zero-order valence-electron chi connectivity index (χ0n) is 17.8. The summed E-state index contributed by atoms with van der Waals surface area (Å²) in [5.41, 5.74) is 12.1. The highest BCUT2D eigenvalue weighted by Gasteiger charge is 2.44. The normalized spacial score (nSPS) is 22.6. The van der Waals surface area contributed by atoms with Crippen LogP contribution in [0.4, 0.5) is 11.8 Å². The number of rotatable bonds is 6. The minimum atomic E-state index is -1.28. The lowest BCUT2D eigenvalue weighted by Crippen LogP contribution is -2.33. The number of ether oxygens (including phenoxy) is 1. The third-order valence-corrected chi connectivity index (χ3v) is 5.49. The first-order valence-corrected chi connectivity index (χ1v) is 10.5. The van der Waals surface area contributed by atoms with Crippen LogP contribution in [0.5, 0.6) is 0 Å². The molecule has 12 heteroatoms. The number of nitrogens with two attached hydrogens (primary N) is 1. The van der Waals surface area contributed by atoms with E-state index >= 15 is 0 Å². The van der Waals surface area contributed by atoms with Crippen LogP contribution in [0.25, 0.3) is 22.4 Å². The Hall–Kier alpha value is -3.97. The van der Waals surface area contributed by atoms with Gasteiger partial charge in [-0.3, -0.25) is 9.55 Å². The van der Waals surface area contributed by atoms with Crippen LogP contribution in [0.2, 0.25) is 0 Å². The molecule has 174 valence electrons. The minimum absolute atomic E-state index is 0.105. The van der Waals surface area contributed by atoms with E-state index in [0.717, 1.165) is 16.8 Å². The number of fused-ring (bicyclic) bond motifs is 1. The summed E-state index contributed by atoms with van der Waals surface area (Å²) in [6, 6.07) is 13.5. The molecule has 0 saturated carbocycles. The Morgan fingerprint density at radius 2 is 1.91 bits per heavy atom. The number of pyridine rings is 1. The average molecular weight is 462 g/mol. The van der Waals surface area contributed by atoms with Gasteiger partial charge in [0, 0.05) is 11.8 Å². The average Bonchev–Trinajstić information content (AvgIpc) is 3.41. The topological polar surface area (TPSA) is 177 Å². The second kappa shape index (κ2) is 9.11. The third-order valence-electron chi connectivity index (χ3n) is 5.49. The lowest BCUT2D eigenvalue weighted by molar-refractivity contribution is -0.0511. The first-order chi connectivity index (χ1) is 16.5. The Labute approximate surface area is 193 Å². The second-order valence-corrected chi connectivity index (χ2v) is 7.69. The fraction of sp³-hybridized carbons (Fsp3) is 0.227. The monoisotopic (exact) mass is 462 g/mol. The molecule has 4 atom stereocenters. The van der Waals surface area contributed by atoms with Crippen LogP contribution >= 0.6 is 0 Å². The molecule has 0 aliphatic carbocycles. The van der Waals surface area contributed by atoms with Crippen molar-refractivity contribution in [3.05, 3.63) is 60.6 Å². The van der Waals surface area contributed by atoms with Gasteiger partial charge in [0.2, 0.25) is 5.95 Å². The van der Waals surface area contributed by atoms with Gasteiger partial charge < -0.3 is 25.8 Å². The number of anilines is 2. The summed E-state index contributed by atoms with van der Waals surface area (Å²) in [6.45, 7) is -0.442. The Kier molecular flexibility index (Phi) is 5.86. The van der Waals surface area contributed by atoms with E-state index in [9.17, 15) is 15.3 Å². The van der Waals surface area contributed by atoms with Gasteiger partial charge in [-0.15, -0.1) is 0 Å². The van der Waals surface area contributed by atoms with Crippen LogP contribution in [0.1, 0.15) is 11.8 Å². The molecule has 4 heterocycles. The maximum Gasteiger partial charge on any atom is 0.247 e. The highest BCUT2D eigenvalue weighted by atomic mass is 16.6. The van der Waals surface area contributed by atoms with E-state index in [4.69, 9.17) is 10.5 Å². The van der Waals surface area contributed by atoms with Crippen molar-refractivity contribution in [3.63, 3.8) is 0 Å². The Morgan fingerprint density at radius 1 is 1.09 bits per heavy atom. The van der Waals surface area contributed by atoms with E-state index in [-0.39, 0.29) is 17.4 Å². The van der Waals surface area contributed by atoms with Crippen LogP contribution in [-0.2, 0) is 4.74 Å². The fourth-order valence-corrected chi connectivity index (χ4v) is 3.72. The number of aromatic nitrogens is 5. The molecule has 1 fully saturated rings. The number of benzene rings is 1. The molecular formula is C22H22N8O4. The number of aliphatic hydroxyl groups is 3. The Morgan fingerprint density at radius 3 is 2.62 bits per heavy atom. The Balaban J connectivity index is 1.34. The van der Waals surface area contributed by atoms with Gasteiger partial charge in [0.1, 0.15) is 23.8 Å². The number of nitrogen functional groups attached to an aromatic ring is 1.